The van der Waals surface area contributed by atoms with Crippen LogP contribution in [0.25, 0.3) is 0 Å². The third kappa shape index (κ3) is 4.81. The minimum absolute atomic E-state index is 0.300. The maximum atomic E-state index is 11.0. The Kier molecular flexibility index (Phi) is 5.83. The molecule has 0 aliphatic heterocycles. The summed E-state index contributed by atoms with van der Waals surface area (Å²) >= 11 is 0. The normalized spacial score (nSPS) is 11.7. The fourth-order valence-electron chi connectivity index (χ4n) is 2.22. The summed E-state index contributed by atoms with van der Waals surface area (Å²) < 4.78 is 10.9. The van der Waals surface area contributed by atoms with Gasteiger partial charge in [-0.15, -0.1) is 0 Å². The molecule has 2 N–H and O–H groups in total. The molecule has 2 aromatic carbocycles. The summed E-state index contributed by atoms with van der Waals surface area (Å²) in [7, 11) is 0. The van der Waals surface area contributed by atoms with E-state index in [-0.39, 0.29) is 6.10 Å². The monoisotopic (exact) mass is 299 g/mol. The molecule has 0 spiro atoms. The van der Waals surface area contributed by atoms with Gasteiger partial charge in [0.15, 0.2) is 0 Å². The van der Waals surface area contributed by atoms with Crippen LogP contribution in [0.1, 0.15) is 37.0 Å². The number of carbonyl (C=O) groups is 1. The van der Waals surface area contributed by atoms with Crippen molar-refractivity contribution in [3.63, 3.8) is 0 Å². The van der Waals surface area contributed by atoms with Gasteiger partial charge in [0.2, 0.25) is 0 Å². The van der Waals surface area contributed by atoms with E-state index in [9.17, 15) is 4.79 Å². The number of benzene rings is 2. The number of primary amides is 1. The number of ether oxygens (including phenoxy) is 2. The van der Waals surface area contributed by atoms with Gasteiger partial charge in [0.25, 0.3) is 0 Å². The number of amides is 1. The molecule has 22 heavy (non-hydrogen) atoms. The van der Waals surface area contributed by atoms with E-state index in [0.29, 0.717) is 6.61 Å². The predicted octanol–water partition coefficient (Wildman–Crippen LogP) is 4.20. The first-order chi connectivity index (χ1) is 10.7. The Balaban J connectivity index is 1.97. The van der Waals surface area contributed by atoms with Gasteiger partial charge < -0.3 is 15.2 Å². The van der Waals surface area contributed by atoms with Crippen LogP contribution >= 0.6 is 0 Å². The van der Waals surface area contributed by atoms with Crippen LogP contribution in [0, 0.1) is 0 Å². The number of carbonyl (C=O) groups excluding carboxylic acids is 1. The molecule has 116 valence electrons. The van der Waals surface area contributed by atoms with Crippen molar-refractivity contribution >= 4 is 6.09 Å². The Bertz CT molecular complexity index is 581. The zero-order valence-electron chi connectivity index (χ0n) is 12.7. The molecule has 4 heteroatoms. The molecule has 0 aliphatic rings. The summed E-state index contributed by atoms with van der Waals surface area (Å²) in [6.07, 6.45) is 0.603. The standard InChI is InChI=1S/C18H21NO3/c1-2-6-17(22-18(19)20)15-9-11-16(12-10-15)21-13-14-7-4-3-5-8-14/h3-5,7-12,17H,2,6,13H2,1H3,(H2,19,20). The maximum absolute atomic E-state index is 11.0. The first-order valence-corrected chi connectivity index (χ1v) is 7.42. The number of nitrogens with two attached hydrogens (primary N) is 1. The number of hydrogen-bond donors (Lipinski definition) is 1. The third-order valence-electron chi connectivity index (χ3n) is 3.31. The Morgan fingerprint density at radius 1 is 1.09 bits per heavy atom. The topological polar surface area (TPSA) is 61.5 Å². The maximum Gasteiger partial charge on any atom is 0.405 e. The van der Waals surface area contributed by atoms with E-state index in [0.717, 1.165) is 29.7 Å². The summed E-state index contributed by atoms with van der Waals surface area (Å²) in [5, 5.41) is 0. The molecule has 1 unspecified atom stereocenters. The number of hydrogen-bond acceptors (Lipinski definition) is 3. The Morgan fingerprint density at radius 2 is 1.77 bits per heavy atom. The average Bonchev–Trinajstić information content (AvgIpc) is 2.54. The van der Waals surface area contributed by atoms with E-state index >= 15 is 0 Å². The molecular weight excluding hydrogens is 278 g/mol. The van der Waals surface area contributed by atoms with Crippen LogP contribution in [0.4, 0.5) is 4.79 Å². The highest BCUT2D eigenvalue weighted by atomic mass is 16.6. The largest absolute Gasteiger partial charge is 0.489 e. The van der Waals surface area contributed by atoms with Crippen molar-refractivity contribution in [1.29, 1.82) is 0 Å². The zero-order valence-corrected chi connectivity index (χ0v) is 12.7. The summed E-state index contributed by atoms with van der Waals surface area (Å²) in [6, 6.07) is 17.6. The first-order valence-electron chi connectivity index (χ1n) is 7.42. The number of rotatable bonds is 7. The molecule has 0 saturated carbocycles. The predicted molar refractivity (Wildman–Crippen MR) is 85.5 cm³/mol. The summed E-state index contributed by atoms with van der Waals surface area (Å²) in [4.78, 5) is 11.0. The van der Waals surface area contributed by atoms with Crippen LogP contribution in [0.2, 0.25) is 0 Å². The third-order valence-corrected chi connectivity index (χ3v) is 3.31. The van der Waals surface area contributed by atoms with Gasteiger partial charge in [0.1, 0.15) is 18.5 Å². The van der Waals surface area contributed by atoms with E-state index in [2.05, 4.69) is 0 Å². The van der Waals surface area contributed by atoms with Crippen LogP contribution < -0.4 is 10.5 Å². The average molecular weight is 299 g/mol. The van der Waals surface area contributed by atoms with Gasteiger partial charge in [-0.05, 0) is 29.7 Å². The van der Waals surface area contributed by atoms with Gasteiger partial charge >= 0.3 is 6.09 Å². The van der Waals surface area contributed by atoms with E-state index in [1.165, 1.54) is 0 Å². The minimum atomic E-state index is -0.747. The quantitative estimate of drug-likeness (QED) is 0.833. The van der Waals surface area contributed by atoms with Crippen molar-refractivity contribution in [3.8, 4) is 5.75 Å². The lowest BCUT2D eigenvalue weighted by Crippen LogP contribution is -2.17. The van der Waals surface area contributed by atoms with Crippen molar-refractivity contribution in [2.45, 2.75) is 32.5 Å². The van der Waals surface area contributed by atoms with Crippen molar-refractivity contribution in [2.75, 3.05) is 0 Å². The van der Waals surface area contributed by atoms with Crippen molar-refractivity contribution in [2.24, 2.45) is 5.73 Å². The van der Waals surface area contributed by atoms with Crippen molar-refractivity contribution in [3.05, 3.63) is 65.7 Å². The second-order valence-electron chi connectivity index (χ2n) is 5.06. The molecule has 0 bridgehead atoms. The SMILES string of the molecule is CCCC(OC(N)=O)c1ccc(OCc2ccccc2)cc1. The van der Waals surface area contributed by atoms with Crippen molar-refractivity contribution in [1.82, 2.24) is 0 Å². The highest BCUT2D eigenvalue weighted by Gasteiger charge is 2.14. The zero-order chi connectivity index (χ0) is 15.8. The van der Waals surface area contributed by atoms with E-state index in [4.69, 9.17) is 15.2 Å². The van der Waals surface area contributed by atoms with Crippen LogP contribution in [0.5, 0.6) is 5.75 Å². The van der Waals surface area contributed by atoms with Crippen LogP contribution in [0.15, 0.2) is 54.6 Å². The highest BCUT2D eigenvalue weighted by molar-refractivity contribution is 5.65. The molecule has 0 aliphatic carbocycles. The van der Waals surface area contributed by atoms with Crippen LogP contribution in [-0.2, 0) is 11.3 Å². The molecule has 0 saturated heterocycles. The van der Waals surface area contributed by atoms with Gasteiger partial charge in [0, 0.05) is 0 Å². The minimum Gasteiger partial charge on any atom is -0.489 e. The summed E-state index contributed by atoms with van der Waals surface area (Å²) in [5.41, 5.74) is 7.16. The van der Waals surface area contributed by atoms with E-state index in [1.54, 1.807) is 0 Å². The van der Waals surface area contributed by atoms with Crippen LogP contribution in [0.3, 0.4) is 0 Å². The second kappa shape index (κ2) is 8.08. The fraction of sp³-hybridized carbons (Fsp3) is 0.278. The summed E-state index contributed by atoms with van der Waals surface area (Å²) in [6.45, 7) is 2.56. The first kappa shape index (κ1) is 15.9. The lowest BCUT2D eigenvalue weighted by molar-refractivity contribution is 0.101. The molecule has 1 atom stereocenters. The van der Waals surface area contributed by atoms with Crippen LogP contribution in [-0.4, -0.2) is 6.09 Å². The molecule has 0 heterocycles. The highest BCUT2D eigenvalue weighted by Crippen LogP contribution is 2.25. The van der Waals surface area contributed by atoms with Gasteiger partial charge in [0.05, 0.1) is 0 Å². The van der Waals surface area contributed by atoms with Gasteiger partial charge in [-0.3, -0.25) is 0 Å². The lowest BCUT2D eigenvalue weighted by Gasteiger charge is -2.16. The Morgan fingerprint density at radius 3 is 2.36 bits per heavy atom. The molecule has 1 amide bonds. The molecule has 2 rings (SSSR count). The molecule has 0 fully saturated rings. The molecule has 4 nitrogen and oxygen atoms in total. The fourth-order valence-corrected chi connectivity index (χ4v) is 2.22. The van der Waals surface area contributed by atoms with E-state index < -0.39 is 6.09 Å². The Labute approximate surface area is 130 Å². The molecule has 0 radical (unpaired) electrons. The van der Waals surface area contributed by atoms with Gasteiger partial charge in [-0.1, -0.05) is 55.8 Å². The van der Waals surface area contributed by atoms with E-state index in [1.807, 2.05) is 61.5 Å². The molecule has 2 aromatic rings. The van der Waals surface area contributed by atoms with Gasteiger partial charge in [-0.2, -0.15) is 0 Å². The lowest BCUT2D eigenvalue weighted by atomic mass is 10.1. The Hall–Kier alpha value is -2.49. The molecule has 0 aromatic heterocycles. The molecular formula is C18H21NO3. The second-order valence-corrected chi connectivity index (χ2v) is 5.06. The van der Waals surface area contributed by atoms with Gasteiger partial charge in [-0.25, -0.2) is 4.79 Å². The smallest absolute Gasteiger partial charge is 0.405 e. The van der Waals surface area contributed by atoms with Crippen molar-refractivity contribution < 1.29 is 14.3 Å². The summed E-state index contributed by atoms with van der Waals surface area (Å²) in [5.74, 6) is 0.780.